The van der Waals surface area contributed by atoms with Crippen molar-refractivity contribution in [2.45, 2.75) is 12.7 Å². The van der Waals surface area contributed by atoms with Gasteiger partial charge in [0.25, 0.3) is 0 Å². The molecule has 0 saturated carbocycles. The second-order valence-corrected chi connectivity index (χ2v) is 5.39. The molecule has 0 spiro atoms. The molecule has 0 bridgehead atoms. The highest BCUT2D eigenvalue weighted by molar-refractivity contribution is 5.80. The lowest BCUT2D eigenvalue weighted by molar-refractivity contribution is -0.137. The summed E-state index contributed by atoms with van der Waals surface area (Å²) in [5, 5.41) is 0. The van der Waals surface area contributed by atoms with Gasteiger partial charge in [0, 0.05) is 12.4 Å². The van der Waals surface area contributed by atoms with Crippen molar-refractivity contribution >= 4 is 16.8 Å². The van der Waals surface area contributed by atoms with Gasteiger partial charge in [0.15, 0.2) is 0 Å². The summed E-state index contributed by atoms with van der Waals surface area (Å²) in [6.07, 6.45) is -0.658. The molecule has 2 heterocycles. The molecule has 0 aliphatic carbocycles. The Labute approximate surface area is 129 Å². The van der Waals surface area contributed by atoms with Crippen LogP contribution in [0, 0.1) is 0 Å². The van der Waals surface area contributed by atoms with E-state index in [-0.39, 0.29) is 0 Å². The van der Waals surface area contributed by atoms with Crippen LogP contribution in [0.4, 0.5) is 13.2 Å². The lowest BCUT2D eigenvalue weighted by atomic mass is 10.2. The first-order valence-corrected chi connectivity index (χ1v) is 7.10. The molecule has 4 aromatic rings. The topological polar surface area (TPSA) is 22.2 Å². The molecule has 2 aromatic heterocycles. The van der Waals surface area contributed by atoms with Crippen molar-refractivity contribution < 1.29 is 13.2 Å². The lowest BCUT2D eigenvalue weighted by Crippen LogP contribution is -2.04. The smallest absolute Gasteiger partial charge is 0.312 e. The second-order valence-electron chi connectivity index (χ2n) is 5.39. The van der Waals surface area contributed by atoms with Crippen molar-refractivity contribution in [1.29, 1.82) is 0 Å². The van der Waals surface area contributed by atoms with Crippen molar-refractivity contribution in [3.05, 3.63) is 72.1 Å². The average molecular weight is 315 g/mol. The summed E-state index contributed by atoms with van der Waals surface area (Å²) < 4.78 is 42.2. The Hall–Kier alpha value is -2.76. The minimum absolute atomic E-state index is 0.345. The van der Waals surface area contributed by atoms with Gasteiger partial charge in [0.05, 0.1) is 23.1 Å². The Kier molecular flexibility index (Phi) is 2.94. The third kappa shape index (κ3) is 2.36. The summed E-state index contributed by atoms with van der Waals surface area (Å²) in [6.45, 7) is 0.618. The van der Waals surface area contributed by atoms with E-state index in [0.29, 0.717) is 23.4 Å². The van der Waals surface area contributed by atoms with E-state index >= 15 is 0 Å². The number of nitrogens with zero attached hydrogens (tertiary/aromatic N) is 3. The third-order valence-electron chi connectivity index (χ3n) is 3.85. The van der Waals surface area contributed by atoms with E-state index in [1.54, 1.807) is 4.40 Å². The van der Waals surface area contributed by atoms with E-state index in [9.17, 15) is 13.2 Å². The monoisotopic (exact) mass is 315 g/mol. The largest absolute Gasteiger partial charge is 0.416 e. The fourth-order valence-corrected chi connectivity index (χ4v) is 2.73. The highest BCUT2D eigenvalue weighted by Crippen LogP contribution is 2.31. The number of hydrogen-bond donors (Lipinski definition) is 0. The molecule has 116 valence electrons. The van der Waals surface area contributed by atoms with Crippen LogP contribution in [0.3, 0.4) is 0 Å². The molecule has 0 aliphatic heterocycles. The maximum atomic E-state index is 12.8. The van der Waals surface area contributed by atoms with Crippen molar-refractivity contribution in [1.82, 2.24) is 14.0 Å². The number of hydrogen-bond acceptors (Lipinski definition) is 1. The van der Waals surface area contributed by atoms with Crippen LogP contribution in [0.25, 0.3) is 16.8 Å². The van der Waals surface area contributed by atoms with Crippen LogP contribution in [-0.4, -0.2) is 14.0 Å². The van der Waals surface area contributed by atoms with Gasteiger partial charge in [0.2, 0.25) is 5.78 Å². The SMILES string of the molecule is FC(F)(F)c1ccc2c(c1)nc1n(Cc3ccccc3)ccn21. The molecule has 0 saturated heterocycles. The molecule has 0 radical (unpaired) electrons. The van der Waals surface area contributed by atoms with E-state index in [4.69, 9.17) is 0 Å². The van der Waals surface area contributed by atoms with E-state index in [1.165, 1.54) is 6.07 Å². The zero-order chi connectivity index (χ0) is 16.0. The molecular weight excluding hydrogens is 303 g/mol. The van der Waals surface area contributed by atoms with Crippen LogP contribution in [0.15, 0.2) is 60.9 Å². The van der Waals surface area contributed by atoms with Crippen LogP contribution in [0.1, 0.15) is 11.1 Å². The molecule has 23 heavy (non-hydrogen) atoms. The minimum Gasteiger partial charge on any atom is -0.312 e. The fraction of sp³-hybridized carbons (Fsp3) is 0.118. The van der Waals surface area contributed by atoms with E-state index in [2.05, 4.69) is 4.98 Å². The van der Waals surface area contributed by atoms with Gasteiger partial charge >= 0.3 is 6.18 Å². The summed E-state index contributed by atoms with van der Waals surface area (Å²) >= 11 is 0. The molecule has 0 atom stereocenters. The first-order valence-electron chi connectivity index (χ1n) is 7.10. The Morgan fingerprint density at radius 2 is 1.74 bits per heavy atom. The fourth-order valence-electron chi connectivity index (χ4n) is 2.73. The zero-order valence-corrected chi connectivity index (χ0v) is 12.0. The van der Waals surface area contributed by atoms with Crippen LogP contribution >= 0.6 is 0 Å². The highest BCUT2D eigenvalue weighted by Gasteiger charge is 2.31. The highest BCUT2D eigenvalue weighted by atomic mass is 19.4. The van der Waals surface area contributed by atoms with E-state index < -0.39 is 11.7 Å². The molecule has 6 heteroatoms. The van der Waals surface area contributed by atoms with Crippen molar-refractivity contribution in [3.63, 3.8) is 0 Å². The molecule has 0 aliphatic rings. The Balaban J connectivity index is 1.82. The average Bonchev–Trinajstić information content (AvgIpc) is 3.07. The number of aromatic nitrogens is 3. The first kappa shape index (κ1) is 13.9. The van der Waals surface area contributed by atoms with Gasteiger partial charge in [-0.05, 0) is 23.8 Å². The summed E-state index contributed by atoms with van der Waals surface area (Å²) in [5.41, 5.74) is 1.44. The third-order valence-corrected chi connectivity index (χ3v) is 3.85. The van der Waals surface area contributed by atoms with Gasteiger partial charge in [0.1, 0.15) is 0 Å². The number of alkyl halides is 3. The van der Waals surface area contributed by atoms with Gasteiger partial charge in [-0.1, -0.05) is 30.3 Å². The second kappa shape index (κ2) is 4.87. The zero-order valence-electron chi connectivity index (χ0n) is 12.0. The summed E-state index contributed by atoms with van der Waals surface area (Å²) in [7, 11) is 0. The number of fused-ring (bicyclic) bond motifs is 3. The first-order chi connectivity index (χ1) is 11.0. The molecule has 4 rings (SSSR count). The summed E-state index contributed by atoms with van der Waals surface area (Å²) in [6, 6.07) is 13.5. The summed E-state index contributed by atoms with van der Waals surface area (Å²) in [5.74, 6) is 0.628. The quantitative estimate of drug-likeness (QED) is 0.539. The van der Waals surface area contributed by atoms with Crippen LogP contribution in [-0.2, 0) is 12.7 Å². The molecule has 2 aromatic carbocycles. The molecule has 0 fully saturated rings. The molecule has 0 unspecified atom stereocenters. The van der Waals surface area contributed by atoms with Crippen LogP contribution < -0.4 is 0 Å². The van der Waals surface area contributed by atoms with E-state index in [0.717, 1.165) is 17.7 Å². The molecule has 3 nitrogen and oxygen atoms in total. The van der Waals surface area contributed by atoms with Crippen LogP contribution in [0.2, 0.25) is 0 Å². The van der Waals surface area contributed by atoms with Gasteiger partial charge in [-0.3, -0.25) is 4.40 Å². The molecular formula is C17H12F3N3. The Morgan fingerprint density at radius 1 is 0.957 bits per heavy atom. The maximum absolute atomic E-state index is 12.8. The van der Waals surface area contributed by atoms with Gasteiger partial charge in [-0.15, -0.1) is 0 Å². The van der Waals surface area contributed by atoms with Gasteiger partial charge in [-0.2, -0.15) is 13.2 Å². The normalized spacial score (nSPS) is 12.3. The number of rotatable bonds is 2. The molecule has 0 amide bonds. The Bertz CT molecular complexity index is 981. The predicted molar refractivity (Wildman–Crippen MR) is 81.2 cm³/mol. The van der Waals surface area contributed by atoms with Crippen molar-refractivity contribution in [3.8, 4) is 0 Å². The van der Waals surface area contributed by atoms with Crippen LogP contribution in [0.5, 0.6) is 0 Å². The van der Waals surface area contributed by atoms with Crippen molar-refractivity contribution in [2.24, 2.45) is 0 Å². The Morgan fingerprint density at radius 3 is 2.48 bits per heavy atom. The maximum Gasteiger partial charge on any atom is 0.416 e. The number of benzene rings is 2. The lowest BCUT2D eigenvalue weighted by Gasteiger charge is -2.05. The van der Waals surface area contributed by atoms with E-state index in [1.807, 2.05) is 47.3 Å². The summed E-state index contributed by atoms with van der Waals surface area (Å²) in [4.78, 5) is 4.37. The molecule has 0 N–H and O–H groups in total. The van der Waals surface area contributed by atoms with Gasteiger partial charge in [-0.25, -0.2) is 4.98 Å². The standard InChI is InChI=1S/C17H12F3N3/c18-17(19,20)13-6-7-15-14(10-13)21-16-22(8-9-23(15)16)11-12-4-2-1-3-5-12/h1-10H,11H2. The predicted octanol–water partition coefficient (Wildman–Crippen LogP) is 4.36. The van der Waals surface area contributed by atoms with Crippen molar-refractivity contribution in [2.75, 3.05) is 0 Å². The number of imidazole rings is 2. The van der Waals surface area contributed by atoms with Gasteiger partial charge < -0.3 is 4.57 Å². The number of halogens is 3. The minimum atomic E-state index is -4.36.